The number of nitrogens with zero attached hydrogens (tertiary/aromatic N) is 2. The van der Waals surface area contributed by atoms with Gasteiger partial charge < -0.3 is 10.0 Å². The normalized spacial score (nSPS) is 17.0. The smallest absolute Gasteiger partial charge is 0.401 e. The summed E-state index contributed by atoms with van der Waals surface area (Å²) in [4.78, 5) is 15.0. The summed E-state index contributed by atoms with van der Waals surface area (Å²) in [6.45, 7) is -0.0902. The first-order valence-electron chi connectivity index (χ1n) is 6.33. The Hall–Kier alpha value is -1.28. The number of carbonyl (C=O) groups is 1. The molecule has 1 heterocycles. The zero-order valence-corrected chi connectivity index (χ0v) is 12.6. The Kier molecular flexibility index (Phi) is 4.77. The van der Waals surface area contributed by atoms with E-state index in [-0.39, 0.29) is 37.8 Å². The van der Waals surface area contributed by atoms with Crippen LogP contribution in [0.25, 0.3) is 0 Å². The van der Waals surface area contributed by atoms with E-state index < -0.39 is 12.7 Å². The molecule has 0 radical (unpaired) electrons. The van der Waals surface area contributed by atoms with Crippen molar-refractivity contribution in [2.75, 3.05) is 32.7 Å². The van der Waals surface area contributed by atoms with Crippen molar-refractivity contribution >= 4 is 21.8 Å². The van der Waals surface area contributed by atoms with Crippen LogP contribution in [-0.4, -0.2) is 59.7 Å². The topological polar surface area (TPSA) is 43.8 Å². The number of phenols is 1. The van der Waals surface area contributed by atoms with Crippen LogP contribution in [-0.2, 0) is 0 Å². The number of aromatic hydroxyl groups is 1. The average Bonchev–Trinajstić information content (AvgIpc) is 2.40. The van der Waals surface area contributed by atoms with Gasteiger partial charge in [0.05, 0.1) is 11.0 Å². The van der Waals surface area contributed by atoms with E-state index in [9.17, 15) is 23.1 Å². The molecule has 0 bridgehead atoms. The first-order valence-corrected chi connectivity index (χ1v) is 7.12. The van der Waals surface area contributed by atoms with E-state index in [1.165, 1.54) is 15.9 Å². The fourth-order valence-electron chi connectivity index (χ4n) is 2.19. The van der Waals surface area contributed by atoms with Crippen LogP contribution in [0.15, 0.2) is 22.7 Å². The van der Waals surface area contributed by atoms with E-state index in [1.54, 1.807) is 12.1 Å². The van der Waals surface area contributed by atoms with E-state index in [1.807, 2.05) is 0 Å². The second-order valence-corrected chi connectivity index (χ2v) is 5.70. The van der Waals surface area contributed by atoms with Gasteiger partial charge >= 0.3 is 6.18 Å². The Labute approximate surface area is 128 Å². The lowest BCUT2D eigenvalue weighted by Gasteiger charge is -2.35. The summed E-state index contributed by atoms with van der Waals surface area (Å²) < 4.78 is 37.3. The van der Waals surface area contributed by atoms with Crippen molar-refractivity contribution in [2.24, 2.45) is 0 Å². The monoisotopic (exact) mass is 366 g/mol. The number of benzene rings is 1. The SMILES string of the molecule is O=C(c1ccc(Br)c(O)c1)N1CCN(CC(F)(F)F)CC1. The molecular weight excluding hydrogens is 353 g/mol. The number of hydrogen-bond donors (Lipinski definition) is 1. The third kappa shape index (κ3) is 4.34. The third-order valence-corrected chi connectivity index (χ3v) is 3.93. The number of rotatable bonds is 2. The molecule has 4 nitrogen and oxygen atoms in total. The number of amides is 1. The van der Waals surface area contributed by atoms with Gasteiger partial charge in [0.25, 0.3) is 5.91 Å². The molecule has 0 aromatic heterocycles. The van der Waals surface area contributed by atoms with Gasteiger partial charge in [-0.15, -0.1) is 0 Å². The fraction of sp³-hybridized carbons (Fsp3) is 0.462. The van der Waals surface area contributed by atoms with Crippen molar-refractivity contribution in [3.8, 4) is 5.75 Å². The zero-order valence-electron chi connectivity index (χ0n) is 11.0. The molecule has 0 aliphatic carbocycles. The molecule has 1 fully saturated rings. The highest BCUT2D eigenvalue weighted by Crippen LogP contribution is 2.25. The lowest BCUT2D eigenvalue weighted by atomic mass is 10.1. The van der Waals surface area contributed by atoms with Gasteiger partial charge in [0.15, 0.2) is 0 Å². The van der Waals surface area contributed by atoms with Gasteiger partial charge in [-0.25, -0.2) is 0 Å². The third-order valence-electron chi connectivity index (χ3n) is 3.26. The fourth-order valence-corrected chi connectivity index (χ4v) is 2.44. The maximum absolute atomic E-state index is 12.3. The predicted octanol–water partition coefficient (Wildman–Crippen LogP) is 2.47. The van der Waals surface area contributed by atoms with Crippen LogP contribution in [0.3, 0.4) is 0 Å². The van der Waals surface area contributed by atoms with Crippen LogP contribution in [0.4, 0.5) is 13.2 Å². The van der Waals surface area contributed by atoms with Gasteiger partial charge in [-0.3, -0.25) is 9.69 Å². The average molecular weight is 367 g/mol. The van der Waals surface area contributed by atoms with Crippen molar-refractivity contribution in [2.45, 2.75) is 6.18 Å². The number of halogens is 4. The lowest BCUT2D eigenvalue weighted by Crippen LogP contribution is -2.50. The van der Waals surface area contributed by atoms with Crippen molar-refractivity contribution in [1.82, 2.24) is 9.80 Å². The number of alkyl halides is 3. The Morgan fingerprint density at radius 1 is 1.24 bits per heavy atom. The Morgan fingerprint density at radius 2 is 1.86 bits per heavy atom. The summed E-state index contributed by atoms with van der Waals surface area (Å²) >= 11 is 3.12. The molecule has 1 N–H and O–H groups in total. The quantitative estimate of drug-likeness (QED) is 0.874. The van der Waals surface area contributed by atoms with Crippen molar-refractivity contribution in [3.05, 3.63) is 28.2 Å². The molecule has 0 saturated carbocycles. The van der Waals surface area contributed by atoms with E-state index in [4.69, 9.17) is 0 Å². The maximum atomic E-state index is 12.3. The summed E-state index contributed by atoms with van der Waals surface area (Å²) in [5.74, 6) is -0.332. The minimum atomic E-state index is -4.22. The molecule has 1 aromatic rings. The summed E-state index contributed by atoms with van der Waals surface area (Å²) in [5, 5.41) is 9.57. The molecule has 0 unspecified atom stereocenters. The molecule has 116 valence electrons. The highest BCUT2D eigenvalue weighted by atomic mass is 79.9. The molecule has 1 aromatic carbocycles. The first-order chi connectivity index (χ1) is 9.76. The second-order valence-electron chi connectivity index (χ2n) is 4.85. The molecule has 8 heteroatoms. The molecule has 1 amide bonds. The van der Waals surface area contributed by atoms with Crippen LogP contribution in [0, 0.1) is 0 Å². The molecular formula is C13H14BrF3N2O2. The van der Waals surface area contributed by atoms with Crippen molar-refractivity contribution < 1.29 is 23.1 Å². The molecule has 1 aliphatic rings. The van der Waals surface area contributed by atoms with Crippen LogP contribution in [0.1, 0.15) is 10.4 Å². The van der Waals surface area contributed by atoms with Gasteiger partial charge in [0.2, 0.25) is 0 Å². The summed E-state index contributed by atoms with van der Waals surface area (Å²) in [5.41, 5.74) is 0.319. The standard InChI is InChI=1S/C13H14BrF3N2O2/c14-10-2-1-9(7-11(10)20)12(21)19-5-3-18(4-6-19)8-13(15,16)17/h1-2,7,20H,3-6,8H2. The number of hydrogen-bond acceptors (Lipinski definition) is 3. The minimum Gasteiger partial charge on any atom is -0.507 e. The molecule has 21 heavy (non-hydrogen) atoms. The van der Waals surface area contributed by atoms with Gasteiger partial charge in [-0.05, 0) is 34.1 Å². The zero-order chi connectivity index (χ0) is 15.6. The van der Waals surface area contributed by atoms with Crippen LogP contribution in [0.2, 0.25) is 0 Å². The van der Waals surface area contributed by atoms with Gasteiger partial charge in [-0.1, -0.05) is 0 Å². The predicted molar refractivity (Wildman–Crippen MR) is 74.2 cm³/mol. The number of piperazine rings is 1. The highest BCUT2D eigenvalue weighted by Gasteiger charge is 2.33. The van der Waals surface area contributed by atoms with Crippen molar-refractivity contribution in [3.63, 3.8) is 0 Å². The van der Waals surface area contributed by atoms with Gasteiger partial charge in [-0.2, -0.15) is 13.2 Å². The van der Waals surface area contributed by atoms with Crippen LogP contribution < -0.4 is 0 Å². The maximum Gasteiger partial charge on any atom is 0.401 e. The van der Waals surface area contributed by atoms with E-state index >= 15 is 0 Å². The molecule has 0 spiro atoms. The Balaban J connectivity index is 1.95. The van der Waals surface area contributed by atoms with Crippen LogP contribution in [0.5, 0.6) is 5.75 Å². The Morgan fingerprint density at radius 3 is 2.38 bits per heavy atom. The summed E-state index contributed by atoms with van der Waals surface area (Å²) in [6, 6.07) is 4.46. The molecule has 1 saturated heterocycles. The number of carbonyl (C=O) groups excluding carboxylic acids is 1. The lowest BCUT2D eigenvalue weighted by molar-refractivity contribution is -0.148. The second kappa shape index (κ2) is 6.23. The Bertz CT molecular complexity index is 529. The summed E-state index contributed by atoms with van der Waals surface area (Å²) in [6.07, 6.45) is -4.22. The highest BCUT2D eigenvalue weighted by molar-refractivity contribution is 9.10. The van der Waals surface area contributed by atoms with Gasteiger partial charge in [0.1, 0.15) is 5.75 Å². The van der Waals surface area contributed by atoms with E-state index in [0.717, 1.165) is 0 Å². The molecule has 0 atom stereocenters. The first kappa shape index (κ1) is 16.1. The van der Waals surface area contributed by atoms with E-state index in [0.29, 0.717) is 10.0 Å². The molecule has 1 aliphatic heterocycles. The van der Waals surface area contributed by atoms with E-state index in [2.05, 4.69) is 15.9 Å². The van der Waals surface area contributed by atoms with Crippen molar-refractivity contribution in [1.29, 1.82) is 0 Å². The minimum absolute atomic E-state index is 0.0449. The summed E-state index contributed by atoms with van der Waals surface area (Å²) in [7, 11) is 0. The van der Waals surface area contributed by atoms with Gasteiger partial charge in [0, 0.05) is 31.7 Å². The van der Waals surface area contributed by atoms with Crippen LogP contribution >= 0.6 is 15.9 Å². The number of phenolic OH excluding ortho intramolecular Hbond substituents is 1. The molecule has 2 rings (SSSR count). The largest absolute Gasteiger partial charge is 0.507 e.